The van der Waals surface area contributed by atoms with Gasteiger partial charge < -0.3 is 9.64 Å². The topological polar surface area (TPSA) is 77.6 Å². The zero-order valence-corrected chi connectivity index (χ0v) is 18.5. The number of carbonyl (C=O) groups excluding carboxylic acids is 1. The lowest BCUT2D eigenvalue weighted by molar-refractivity contribution is -0.121. The highest BCUT2D eigenvalue weighted by atomic mass is 16.5. The number of aryl methyl sites for hydroxylation is 1. The number of amides is 1. The van der Waals surface area contributed by atoms with Crippen LogP contribution >= 0.6 is 0 Å². The van der Waals surface area contributed by atoms with E-state index in [2.05, 4.69) is 32.1 Å². The summed E-state index contributed by atoms with van der Waals surface area (Å²) in [5.41, 5.74) is 4.12. The van der Waals surface area contributed by atoms with Crippen LogP contribution in [0.25, 0.3) is 11.1 Å². The maximum absolute atomic E-state index is 13.3. The largest absolute Gasteiger partial charge is 0.497 e. The SMILES string of the molecule is COc1ccc(N2CCN(C3CCN(c4ccc(-c5cn[nH]c5)c(C)n4)C3=O)CC2)cc1. The van der Waals surface area contributed by atoms with Crippen LogP contribution in [-0.4, -0.2) is 71.9 Å². The fraction of sp³-hybridized carbons (Fsp3) is 0.375. The number of nitrogens with one attached hydrogen (secondary N) is 1. The number of rotatable bonds is 5. The van der Waals surface area contributed by atoms with E-state index in [0.717, 1.165) is 61.0 Å². The molecule has 2 saturated heterocycles. The molecule has 1 amide bonds. The molecule has 0 aliphatic carbocycles. The van der Waals surface area contributed by atoms with E-state index in [1.165, 1.54) is 5.69 Å². The summed E-state index contributed by atoms with van der Waals surface area (Å²) in [5.74, 6) is 1.76. The molecular weight excluding hydrogens is 404 g/mol. The molecule has 1 N–H and O–H groups in total. The van der Waals surface area contributed by atoms with Gasteiger partial charge in [-0.1, -0.05) is 0 Å². The Bertz CT molecular complexity index is 1070. The monoisotopic (exact) mass is 432 g/mol. The van der Waals surface area contributed by atoms with Crippen LogP contribution in [0.2, 0.25) is 0 Å². The van der Waals surface area contributed by atoms with Crippen molar-refractivity contribution < 1.29 is 9.53 Å². The molecule has 2 aliphatic rings. The zero-order chi connectivity index (χ0) is 22.1. The highest BCUT2D eigenvalue weighted by Crippen LogP contribution is 2.28. The van der Waals surface area contributed by atoms with Crippen molar-refractivity contribution in [3.05, 3.63) is 54.5 Å². The number of carbonyl (C=O) groups is 1. The fourth-order valence-corrected chi connectivity index (χ4v) is 4.72. The first-order valence-corrected chi connectivity index (χ1v) is 11.1. The number of ether oxygens (including phenoxy) is 1. The average Bonchev–Trinajstić information content (AvgIpc) is 3.49. The number of piperazine rings is 1. The van der Waals surface area contributed by atoms with E-state index in [9.17, 15) is 4.79 Å². The minimum atomic E-state index is -0.0660. The molecule has 2 aromatic heterocycles. The van der Waals surface area contributed by atoms with Crippen LogP contribution in [0.5, 0.6) is 5.75 Å². The molecule has 0 saturated carbocycles. The predicted octanol–water partition coefficient (Wildman–Crippen LogP) is 2.72. The van der Waals surface area contributed by atoms with Crippen LogP contribution in [0.3, 0.4) is 0 Å². The minimum Gasteiger partial charge on any atom is -0.497 e. The first kappa shape index (κ1) is 20.5. The number of aromatic nitrogens is 3. The van der Waals surface area contributed by atoms with Crippen molar-refractivity contribution in [1.29, 1.82) is 0 Å². The molecule has 1 aromatic carbocycles. The third-order valence-electron chi connectivity index (χ3n) is 6.53. The minimum absolute atomic E-state index is 0.0660. The molecule has 32 heavy (non-hydrogen) atoms. The van der Waals surface area contributed by atoms with Crippen molar-refractivity contribution in [2.75, 3.05) is 49.6 Å². The highest BCUT2D eigenvalue weighted by molar-refractivity contribution is 5.98. The van der Waals surface area contributed by atoms with Crippen LogP contribution in [-0.2, 0) is 4.79 Å². The standard InChI is InChI=1S/C24H28N6O2/c1-17-21(18-15-25-26-16-18)7-8-23(27-17)30-10-9-22(24(30)31)29-13-11-28(12-14-29)19-3-5-20(32-2)6-4-19/h3-8,15-16,22H,9-14H2,1-2H3,(H,25,26). The van der Waals surface area contributed by atoms with Crippen molar-refractivity contribution in [3.63, 3.8) is 0 Å². The van der Waals surface area contributed by atoms with Gasteiger partial charge in [-0.15, -0.1) is 0 Å². The number of pyridine rings is 1. The van der Waals surface area contributed by atoms with E-state index in [-0.39, 0.29) is 11.9 Å². The lowest BCUT2D eigenvalue weighted by Crippen LogP contribution is -2.52. The number of methoxy groups -OCH3 is 1. The maximum atomic E-state index is 13.3. The van der Waals surface area contributed by atoms with Gasteiger partial charge in [-0.3, -0.25) is 19.7 Å². The van der Waals surface area contributed by atoms with Gasteiger partial charge in [-0.05, 0) is 49.7 Å². The summed E-state index contributed by atoms with van der Waals surface area (Å²) in [6, 6.07) is 12.1. The second-order valence-corrected chi connectivity index (χ2v) is 8.30. The van der Waals surface area contributed by atoms with Crippen molar-refractivity contribution in [2.45, 2.75) is 19.4 Å². The van der Waals surface area contributed by atoms with Crippen molar-refractivity contribution in [1.82, 2.24) is 20.1 Å². The second kappa shape index (κ2) is 8.63. The molecule has 1 unspecified atom stereocenters. The van der Waals surface area contributed by atoms with Gasteiger partial charge in [0.15, 0.2) is 0 Å². The first-order chi connectivity index (χ1) is 15.6. The van der Waals surface area contributed by atoms with Gasteiger partial charge in [0, 0.05) is 61.4 Å². The van der Waals surface area contributed by atoms with Gasteiger partial charge in [0.25, 0.3) is 0 Å². The summed E-state index contributed by atoms with van der Waals surface area (Å²) < 4.78 is 5.25. The molecule has 2 aliphatic heterocycles. The Kier molecular flexibility index (Phi) is 5.53. The lowest BCUT2D eigenvalue weighted by Gasteiger charge is -2.38. The molecule has 8 nitrogen and oxygen atoms in total. The zero-order valence-electron chi connectivity index (χ0n) is 18.5. The number of hydrogen-bond donors (Lipinski definition) is 1. The Hall–Kier alpha value is -3.39. The van der Waals surface area contributed by atoms with Crippen LogP contribution in [0.15, 0.2) is 48.8 Å². The third-order valence-corrected chi connectivity index (χ3v) is 6.53. The number of hydrogen-bond acceptors (Lipinski definition) is 6. The van der Waals surface area contributed by atoms with Crippen molar-refractivity contribution >= 4 is 17.4 Å². The number of benzene rings is 1. The van der Waals surface area contributed by atoms with Crippen LogP contribution in [0, 0.1) is 6.92 Å². The molecule has 1 atom stereocenters. The number of nitrogens with zero attached hydrogens (tertiary/aromatic N) is 5. The van der Waals surface area contributed by atoms with Gasteiger partial charge in [0.05, 0.1) is 19.3 Å². The quantitative estimate of drug-likeness (QED) is 0.668. The summed E-state index contributed by atoms with van der Waals surface area (Å²) in [6.07, 6.45) is 4.48. The maximum Gasteiger partial charge on any atom is 0.245 e. The Morgan fingerprint density at radius 2 is 1.81 bits per heavy atom. The number of H-pyrrole nitrogens is 1. The van der Waals surface area contributed by atoms with Crippen molar-refractivity contribution in [3.8, 4) is 16.9 Å². The molecule has 0 bridgehead atoms. The molecule has 3 aromatic rings. The normalized spacial score (nSPS) is 19.6. The Labute approximate surface area is 187 Å². The van der Waals surface area contributed by atoms with E-state index in [1.54, 1.807) is 13.3 Å². The smallest absolute Gasteiger partial charge is 0.245 e. The van der Waals surface area contributed by atoms with E-state index < -0.39 is 0 Å². The fourth-order valence-electron chi connectivity index (χ4n) is 4.72. The van der Waals surface area contributed by atoms with Gasteiger partial charge in [-0.25, -0.2) is 4.98 Å². The Balaban J connectivity index is 1.23. The van der Waals surface area contributed by atoms with Gasteiger partial charge in [-0.2, -0.15) is 5.10 Å². The highest BCUT2D eigenvalue weighted by Gasteiger charge is 2.38. The summed E-state index contributed by atoms with van der Waals surface area (Å²) in [6.45, 7) is 6.26. The van der Waals surface area contributed by atoms with Crippen LogP contribution in [0.4, 0.5) is 11.5 Å². The van der Waals surface area contributed by atoms with Crippen molar-refractivity contribution in [2.24, 2.45) is 0 Å². The molecule has 0 spiro atoms. The average molecular weight is 433 g/mol. The predicted molar refractivity (Wildman–Crippen MR) is 124 cm³/mol. The van der Waals surface area contributed by atoms with Gasteiger partial charge in [0.1, 0.15) is 11.6 Å². The summed E-state index contributed by atoms with van der Waals surface area (Å²) in [7, 11) is 1.68. The van der Waals surface area contributed by atoms with E-state index in [4.69, 9.17) is 9.72 Å². The summed E-state index contributed by atoms with van der Waals surface area (Å²) in [4.78, 5) is 24.5. The molecule has 0 radical (unpaired) electrons. The molecule has 5 rings (SSSR count). The van der Waals surface area contributed by atoms with Crippen LogP contribution < -0.4 is 14.5 Å². The molecule has 2 fully saturated rings. The molecule has 8 heteroatoms. The number of anilines is 2. The lowest BCUT2D eigenvalue weighted by atomic mass is 10.1. The molecule has 4 heterocycles. The summed E-state index contributed by atoms with van der Waals surface area (Å²) >= 11 is 0. The van der Waals surface area contributed by atoms with Crippen LogP contribution in [0.1, 0.15) is 12.1 Å². The number of aromatic amines is 1. The molecular formula is C24H28N6O2. The van der Waals surface area contributed by atoms with E-state index >= 15 is 0 Å². The Morgan fingerprint density at radius 1 is 1.03 bits per heavy atom. The first-order valence-electron chi connectivity index (χ1n) is 11.1. The molecule has 166 valence electrons. The summed E-state index contributed by atoms with van der Waals surface area (Å²) in [5, 5.41) is 6.85. The van der Waals surface area contributed by atoms with Gasteiger partial charge >= 0.3 is 0 Å². The third kappa shape index (κ3) is 3.82. The van der Waals surface area contributed by atoms with E-state index in [0.29, 0.717) is 6.54 Å². The second-order valence-electron chi connectivity index (χ2n) is 8.30. The van der Waals surface area contributed by atoms with Gasteiger partial charge in [0.2, 0.25) is 5.91 Å². The van der Waals surface area contributed by atoms with E-state index in [1.807, 2.05) is 42.3 Å². The Morgan fingerprint density at radius 3 is 2.47 bits per heavy atom.